The van der Waals surface area contributed by atoms with Gasteiger partial charge in [0.25, 0.3) is 0 Å². The number of aliphatic hydroxyl groups excluding tert-OH is 1. The van der Waals surface area contributed by atoms with Crippen LogP contribution in [0.2, 0.25) is 5.02 Å². The fraction of sp³-hybridized carbons (Fsp3) is 0.250. The third-order valence-electron chi connectivity index (χ3n) is 5.41. The summed E-state index contributed by atoms with van der Waals surface area (Å²) in [5.74, 6) is 2.94. The molecule has 0 saturated carbocycles. The van der Waals surface area contributed by atoms with E-state index in [2.05, 4.69) is 5.32 Å². The van der Waals surface area contributed by atoms with Crippen molar-refractivity contribution in [1.82, 2.24) is 14.9 Å². The van der Waals surface area contributed by atoms with Crippen LogP contribution in [0.5, 0.6) is 17.2 Å². The van der Waals surface area contributed by atoms with E-state index in [1.54, 1.807) is 19.2 Å². The molecule has 0 fully saturated rings. The van der Waals surface area contributed by atoms with E-state index in [-0.39, 0.29) is 31.4 Å². The number of halogens is 3. The van der Waals surface area contributed by atoms with Crippen LogP contribution in [-0.4, -0.2) is 47.6 Å². The molecule has 7 nitrogen and oxygen atoms in total. The van der Waals surface area contributed by atoms with Crippen LogP contribution in [0.15, 0.2) is 79.0 Å². The molecule has 1 atom stereocenters. The average molecular weight is 581 g/mol. The van der Waals surface area contributed by atoms with Gasteiger partial charge in [0.1, 0.15) is 42.4 Å². The number of imidazole rings is 1. The van der Waals surface area contributed by atoms with E-state index < -0.39 is 6.10 Å². The quantitative estimate of drug-likeness (QED) is 0.204. The van der Waals surface area contributed by atoms with Crippen LogP contribution >= 0.6 is 36.4 Å². The molecule has 1 heterocycles. The van der Waals surface area contributed by atoms with Crippen molar-refractivity contribution in [2.45, 2.75) is 19.6 Å². The maximum absolute atomic E-state index is 9.83. The summed E-state index contributed by atoms with van der Waals surface area (Å²) in [5, 5.41) is 13.4. The summed E-state index contributed by atoms with van der Waals surface area (Å²) in [6, 6.07) is 22.7. The third-order valence-corrected chi connectivity index (χ3v) is 5.66. The molecule has 0 saturated heterocycles. The molecule has 0 bridgehead atoms. The number of aromatic nitrogens is 2. The second-order valence-electron chi connectivity index (χ2n) is 8.15. The molecular weight excluding hydrogens is 549 g/mol. The van der Waals surface area contributed by atoms with Crippen molar-refractivity contribution in [1.29, 1.82) is 0 Å². The normalized spacial score (nSPS) is 11.3. The van der Waals surface area contributed by atoms with Gasteiger partial charge in [-0.2, -0.15) is 0 Å². The Kier molecular flexibility index (Phi) is 12.9. The van der Waals surface area contributed by atoms with Crippen LogP contribution in [0.1, 0.15) is 12.7 Å². The number of nitrogens with one attached hydrogen (secondary N) is 1. The zero-order valence-electron chi connectivity index (χ0n) is 21.2. The lowest BCUT2D eigenvalue weighted by Crippen LogP contribution is -2.29. The van der Waals surface area contributed by atoms with Crippen molar-refractivity contribution >= 4 is 36.4 Å². The first kappa shape index (κ1) is 31.4. The predicted molar refractivity (Wildman–Crippen MR) is 156 cm³/mol. The number of aliphatic hydroxyl groups is 1. The zero-order chi connectivity index (χ0) is 25.3. The summed E-state index contributed by atoms with van der Waals surface area (Å²) in [4.78, 5) is 4.83. The van der Waals surface area contributed by atoms with E-state index >= 15 is 0 Å². The molecule has 1 aromatic heterocycles. The molecule has 10 heteroatoms. The molecule has 38 heavy (non-hydrogen) atoms. The van der Waals surface area contributed by atoms with E-state index in [0.717, 1.165) is 34.3 Å². The Hall–Kier alpha value is -2.78. The standard InChI is InChI=1S/C28H30ClN3O4.2ClH/c1-3-34-19-28-31-27(20-4-10-24(11-5-20)35-18-23(33)16-30-2)17-32(28)22-8-14-26(15-9-22)36-25-12-6-21(29)7-13-25;;/h4-15,17,23,30,33H,3,16,18-19H2,1-2H3;2*1H/t23-;;/m0../s1. The number of benzene rings is 3. The van der Waals surface area contributed by atoms with Gasteiger partial charge in [0.15, 0.2) is 0 Å². The molecule has 3 aromatic carbocycles. The summed E-state index contributed by atoms with van der Waals surface area (Å²) in [7, 11) is 1.79. The molecule has 0 aliphatic carbocycles. The van der Waals surface area contributed by atoms with Crippen molar-refractivity contribution in [2.75, 3.05) is 26.8 Å². The van der Waals surface area contributed by atoms with Crippen LogP contribution in [-0.2, 0) is 11.3 Å². The van der Waals surface area contributed by atoms with Crippen LogP contribution in [0.25, 0.3) is 16.9 Å². The van der Waals surface area contributed by atoms with Crippen molar-refractivity contribution in [3.8, 4) is 34.2 Å². The minimum atomic E-state index is -0.561. The van der Waals surface area contributed by atoms with Gasteiger partial charge in [-0.1, -0.05) is 11.6 Å². The lowest BCUT2D eigenvalue weighted by atomic mass is 10.1. The molecule has 0 unspecified atom stereocenters. The average Bonchev–Trinajstić information content (AvgIpc) is 3.33. The molecule has 0 aliphatic heterocycles. The van der Waals surface area contributed by atoms with Gasteiger partial charge in [0, 0.05) is 35.6 Å². The zero-order valence-corrected chi connectivity index (χ0v) is 23.6. The van der Waals surface area contributed by atoms with Gasteiger partial charge in [-0.3, -0.25) is 0 Å². The summed E-state index contributed by atoms with van der Waals surface area (Å²) < 4.78 is 19.3. The minimum Gasteiger partial charge on any atom is -0.491 e. The van der Waals surface area contributed by atoms with E-state index in [1.807, 2.05) is 78.4 Å². The second kappa shape index (κ2) is 15.6. The van der Waals surface area contributed by atoms with Crippen LogP contribution in [0.3, 0.4) is 0 Å². The lowest BCUT2D eigenvalue weighted by Gasteiger charge is -2.11. The fourth-order valence-corrected chi connectivity index (χ4v) is 3.72. The second-order valence-corrected chi connectivity index (χ2v) is 8.58. The highest BCUT2D eigenvalue weighted by molar-refractivity contribution is 6.30. The van der Waals surface area contributed by atoms with Crippen LogP contribution in [0.4, 0.5) is 0 Å². The molecule has 204 valence electrons. The first-order valence-electron chi connectivity index (χ1n) is 11.8. The number of hydrogen-bond acceptors (Lipinski definition) is 6. The Morgan fingerprint density at radius 2 is 1.53 bits per heavy atom. The molecule has 0 aliphatic rings. The van der Waals surface area contributed by atoms with Gasteiger partial charge in [0.05, 0.1) is 5.69 Å². The van der Waals surface area contributed by atoms with Gasteiger partial charge >= 0.3 is 0 Å². The van der Waals surface area contributed by atoms with Crippen molar-refractivity contribution in [2.24, 2.45) is 0 Å². The van der Waals surface area contributed by atoms with Crippen LogP contribution in [0, 0.1) is 0 Å². The lowest BCUT2D eigenvalue weighted by molar-refractivity contribution is 0.108. The molecule has 4 rings (SSSR count). The Bertz CT molecular complexity index is 1230. The van der Waals surface area contributed by atoms with Crippen molar-refractivity contribution < 1.29 is 19.3 Å². The Morgan fingerprint density at radius 3 is 2.13 bits per heavy atom. The number of nitrogens with zero attached hydrogens (tertiary/aromatic N) is 2. The molecule has 0 amide bonds. The van der Waals surface area contributed by atoms with Gasteiger partial charge in [-0.15, -0.1) is 24.8 Å². The molecule has 0 radical (unpaired) electrons. The van der Waals surface area contributed by atoms with Crippen molar-refractivity contribution in [3.63, 3.8) is 0 Å². The highest BCUT2D eigenvalue weighted by atomic mass is 35.5. The highest BCUT2D eigenvalue weighted by Crippen LogP contribution is 2.27. The Labute approximate surface area is 240 Å². The molecule has 2 N–H and O–H groups in total. The van der Waals surface area contributed by atoms with E-state index in [9.17, 15) is 5.11 Å². The fourth-order valence-electron chi connectivity index (χ4n) is 3.60. The molecule has 0 spiro atoms. The largest absolute Gasteiger partial charge is 0.491 e. The smallest absolute Gasteiger partial charge is 0.140 e. The number of rotatable bonds is 12. The van der Waals surface area contributed by atoms with Gasteiger partial charge in [-0.05, 0) is 86.8 Å². The van der Waals surface area contributed by atoms with E-state index in [1.165, 1.54) is 0 Å². The first-order valence-corrected chi connectivity index (χ1v) is 12.2. The SMILES string of the molecule is CCOCc1nc(-c2ccc(OC[C@@H](O)CNC)cc2)cn1-c1ccc(Oc2ccc(Cl)cc2)cc1.Cl.Cl. The number of likely N-dealkylation sites (N-methyl/N-ethyl adjacent to an activating group) is 1. The van der Waals surface area contributed by atoms with E-state index in [0.29, 0.717) is 30.5 Å². The summed E-state index contributed by atoms with van der Waals surface area (Å²) in [5.41, 5.74) is 2.73. The monoisotopic (exact) mass is 579 g/mol. The number of hydrogen-bond donors (Lipinski definition) is 2. The Balaban J connectivity index is 0.00000253. The maximum Gasteiger partial charge on any atom is 0.140 e. The van der Waals surface area contributed by atoms with Crippen molar-refractivity contribution in [3.05, 3.63) is 89.8 Å². The Morgan fingerprint density at radius 1 is 0.921 bits per heavy atom. The highest BCUT2D eigenvalue weighted by Gasteiger charge is 2.13. The predicted octanol–water partition coefficient (Wildman–Crippen LogP) is 6.32. The molecular formula is C28H32Cl3N3O4. The summed E-state index contributed by atoms with van der Waals surface area (Å²) in [6.07, 6.45) is 1.44. The summed E-state index contributed by atoms with van der Waals surface area (Å²) in [6.45, 7) is 3.66. The number of ether oxygens (including phenoxy) is 3. The van der Waals surface area contributed by atoms with Gasteiger partial charge < -0.3 is 29.2 Å². The third kappa shape index (κ3) is 8.63. The van der Waals surface area contributed by atoms with Crippen LogP contribution < -0.4 is 14.8 Å². The van der Waals surface area contributed by atoms with Gasteiger partial charge in [0.2, 0.25) is 0 Å². The maximum atomic E-state index is 9.83. The molecule has 4 aromatic rings. The first-order chi connectivity index (χ1) is 17.6. The topological polar surface area (TPSA) is 77.8 Å². The van der Waals surface area contributed by atoms with E-state index in [4.69, 9.17) is 30.8 Å². The minimum absolute atomic E-state index is 0. The van der Waals surface area contributed by atoms with Gasteiger partial charge in [-0.25, -0.2) is 4.98 Å². The summed E-state index contributed by atoms with van der Waals surface area (Å²) >= 11 is 5.95.